The molecule has 0 amide bonds. The van der Waals surface area contributed by atoms with Gasteiger partial charge in [0, 0.05) is 29.4 Å². The smallest absolute Gasteiger partial charge is 0.341 e. The summed E-state index contributed by atoms with van der Waals surface area (Å²) in [4.78, 5) is 25.2. The van der Waals surface area contributed by atoms with Gasteiger partial charge in [0.25, 0.3) is 0 Å². The zero-order valence-electron chi connectivity index (χ0n) is 15.4. The summed E-state index contributed by atoms with van der Waals surface area (Å²) in [6.45, 7) is 3.66. The lowest BCUT2D eigenvalue weighted by atomic mass is 9.96. The molecule has 4 nitrogen and oxygen atoms in total. The molecule has 0 aliphatic carbocycles. The van der Waals surface area contributed by atoms with E-state index in [1.54, 1.807) is 24.5 Å². The van der Waals surface area contributed by atoms with E-state index in [0.29, 0.717) is 23.9 Å². The average molecular weight is 438 g/mol. The van der Waals surface area contributed by atoms with Crippen molar-refractivity contribution in [3.63, 3.8) is 0 Å². The Hall–Kier alpha value is -2.70. The Kier molecular flexibility index (Phi) is 5.78. The molecule has 150 valence electrons. The molecule has 0 radical (unpaired) electrons. The lowest BCUT2D eigenvalue weighted by Gasteiger charge is -2.21. The molecule has 0 fully saturated rings. The number of benzene rings is 2. The van der Waals surface area contributed by atoms with Crippen LogP contribution in [0.4, 0.5) is 8.78 Å². The van der Waals surface area contributed by atoms with Gasteiger partial charge in [-0.05, 0) is 43.7 Å². The third-order valence-electron chi connectivity index (χ3n) is 4.60. The molecule has 0 atom stereocenters. The first kappa shape index (κ1) is 21.0. The third-order valence-corrected chi connectivity index (χ3v) is 5.34. The van der Waals surface area contributed by atoms with Crippen molar-refractivity contribution in [2.45, 2.75) is 20.4 Å². The van der Waals surface area contributed by atoms with Gasteiger partial charge in [0.05, 0.1) is 15.7 Å². The minimum atomic E-state index is -1.46. The summed E-state index contributed by atoms with van der Waals surface area (Å²) in [5.74, 6) is -3.20. The topological polar surface area (TPSA) is 59.3 Å². The number of hydrogen-bond acceptors (Lipinski definition) is 2. The Morgan fingerprint density at radius 2 is 1.66 bits per heavy atom. The summed E-state index contributed by atoms with van der Waals surface area (Å²) in [5, 5.41) is 10.3. The fraction of sp³-hybridized carbons (Fsp3) is 0.143. The molecule has 29 heavy (non-hydrogen) atoms. The van der Waals surface area contributed by atoms with Gasteiger partial charge in [-0.25, -0.2) is 13.6 Å². The molecule has 0 unspecified atom stereocenters. The monoisotopic (exact) mass is 437 g/mol. The molecule has 0 spiro atoms. The quantitative estimate of drug-likeness (QED) is 0.561. The number of aromatic nitrogens is 1. The lowest BCUT2D eigenvalue weighted by molar-refractivity contribution is 0.0695. The maximum Gasteiger partial charge on any atom is 0.341 e. The molecule has 0 bridgehead atoms. The van der Waals surface area contributed by atoms with Crippen molar-refractivity contribution >= 4 is 29.2 Å². The summed E-state index contributed by atoms with van der Waals surface area (Å²) in [6.07, 6.45) is 0. The minimum absolute atomic E-state index is 0.0320. The third kappa shape index (κ3) is 3.78. The van der Waals surface area contributed by atoms with Gasteiger partial charge in [0.1, 0.15) is 17.2 Å². The molecule has 0 aliphatic heterocycles. The van der Waals surface area contributed by atoms with E-state index in [1.807, 2.05) is 0 Å². The van der Waals surface area contributed by atoms with Gasteiger partial charge in [-0.2, -0.15) is 0 Å². The highest BCUT2D eigenvalue weighted by Crippen LogP contribution is 2.33. The number of carbonyl (C=O) groups is 1. The van der Waals surface area contributed by atoms with E-state index in [2.05, 4.69) is 0 Å². The van der Waals surface area contributed by atoms with Crippen LogP contribution in [0.5, 0.6) is 0 Å². The number of carboxylic acid groups (broad SMARTS) is 1. The maximum atomic E-state index is 13.8. The highest BCUT2D eigenvalue weighted by Gasteiger charge is 2.26. The average Bonchev–Trinajstić information content (AvgIpc) is 2.62. The Bertz CT molecular complexity index is 1190. The summed E-state index contributed by atoms with van der Waals surface area (Å²) in [6, 6.07) is 7.20. The Morgan fingerprint density at radius 1 is 1.03 bits per heavy atom. The normalized spacial score (nSPS) is 11.0. The minimum Gasteiger partial charge on any atom is -0.477 e. The summed E-state index contributed by atoms with van der Waals surface area (Å²) < 4.78 is 29.1. The van der Waals surface area contributed by atoms with Crippen molar-refractivity contribution < 1.29 is 18.7 Å². The van der Waals surface area contributed by atoms with Gasteiger partial charge in [-0.3, -0.25) is 4.79 Å². The first-order valence-electron chi connectivity index (χ1n) is 8.58. The van der Waals surface area contributed by atoms with Gasteiger partial charge < -0.3 is 9.67 Å². The fourth-order valence-corrected chi connectivity index (χ4v) is 3.71. The zero-order chi connectivity index (χ0) is 21.5. The first-order chi connectivity index (χ1) is 13.6. The molecular weight excluding hydrogens is 423 g/mol. The van der Waals surface area contributed by atoms with Crippen LogP contribution in [-0.4, -0.2) is 15.6 Å². The molecule has 0 saturated carbocycles. The lowest BCUT2D eigenvalue weighted by Crippen LogP contribution is -2.25. The second-order valence-electron chi connectivity index (χ2n) is 6.35. The molecule has 0 saturated heterocycles. The number of carboxylic acids is 1. The van der Waals surface area contributed by atoms with E-state index >= 15 is 0 Å². The van der Waals surface area contributed by atoms with Crippen LogP contribution in [0, 0.1) is 18.6 Å². The largest absolute Gasteiger partial charge is 0.477 e. The van der Waals surface area contributed by atoms with Crippen LogP contribution in [0.15, 0.2) is 41.2 Å². The van der Waals surface area contributed by atoms with Crippen LogP contribution in [0.25, 0.3) is 22.4 Å². The van der Waals surface area contributed by atoms with Gasteiger partial charge in [0.15, 0.2) is 0 Å². The number of halogens is 4. The SMILES string of the molecule is CCn1c(C)c(-c2cc(F)cc(F)c2)c(=O)c(C(=O)O)c1-c1ccc(Cl)c(Cl)c1. The molecule has 2 aromatic carbocycles. The number of hydrogen-bond donors (Lipinski definition) is 1. The van der Waals surface area contributed by atoms with E-state index < -0.39 is 28.6 Å². The molecule has 3 rings (SSSR count). The van der Waals surface area contributed by atoms with Crippen LogP contribution in [0.1, 0.15) is 23.0 Å². The maximum absolute atomic E-state index is 13.8. The van der Waals surface area contributed by atoms with Gasteiger partial charge in [-0.15, -0.1) is 0 Å². The van der Waals surface area contributed by atoms with Crippen LogP contribution >= 0.6 is 23.2 Å². The Labute approximate surface area is 174 Å². The van der Waals surface area contributed by atoms with Gasteiger partial charge in [-0.1, -0.05) is 29.3 Å². The van der Waals surface area contributed by atoms with Crippen LogP contribution in [-0.2, 0) is 6.54 Å². The molecule has 1 aromatic heterocycles. The van der Waals surface area contributed by atoms with Crippen LogP contribution in [0.3, 0.4) is 0 Å². The molecule has 0 aliphatic rings. The molecule has 1 heterocycles. The fourth-order valence-electron chi connectivity index (χ4n) is 3.41. The summed E-state index contributed by atoms with van der Waals surface area (Å²) >= 11 is 12.0. The van der Waals surface area contributed by atoms with Gasteiger partial charge in [0.2, 0.25) is 5.43 Å². The Balaban J connectivity index is 2.47. The standard InChI is InChI=1S/C21H15Cl2F2NO3/c1-3-26-10(2)17(12-6-13(24)9-14(25)7-12)20(27)18(21(28)29)19(26)11-4-5-15(22)16(23)8-11/h4-9H,3H2,1-2H3,(H,28,29). The summed E-state index contributed by atoms with van der Waals surface area (Å²) in [5.41, 5.74) is -0.575. The van der Waals surface area contributed by atoms with Crippen LogP contribution in [0.2, 0.25) is 10.0 Å². The van der Waals surface area contributed by atoms with Crippen molar-refractivity contribution in [1.29, 1.82) is 0 Å². The molecule has 1 N–H and O–H groups in total. The van der Waals surface area contributed by atoms with Crippen molar-refractivity contribution in [3.05, 3.63) is 79.6 Å². The van der Waals surface area contributed by atoms with Crippen LogP contribution < -0.4 is 5.43 Å². The van der Waals surface area contributed by atoms with E-state index in [1.165, 1.54) is 12.1 Å². The van der Waals surface area contributed by atoms with Crippen molar-refractivity contribution in [2.24, 2.45) is 0 Å². The van der Waals surface area contributed by atoms with E-state index in [4.69, 9.17) is 23.2 Å². The number of pyridine rings is 1. The van der Waals surface area contributed by atoms with Crippen molar-refractivity contribution in [1.82, 2.24) is 4.57 Å². The van der Waals surface area contributed by atoms with E-state index in [-0.39, 0.29) is 26.9 Å². The molecule has 3 aromatic rings. The van der Waals surface area contributed by atoms with Crippen molar-refractivity contribution in [2.75, 3.05) is 0 Å². The molecule has 8 heteroatoms. The molecular formula is C21H15Cl2F2NO3. The highest BCUT2D eigenvalue weighted by molar-refractivity contribution is 6.42. The number of aromatic carboxylic acids is 1. The Morgan fingerprint density at radius 3 is 2.17 bits per heavy atom. The second-order valence-corrected chi connectivity index (χ2v) is 7.16. The first-order valence-corrected chi connectivity index (χ1v) is 9.33. The number of rotatable bonds is 4. The van der Waals surface area contributed by atoms with E-state index in [0.717, 1.165) is 12.1 Å². The predicted octanol–water partition coefficient (Wildman–Crippen LogP) is 5.79. The summed E-state index contributed by atoms with van der Waals surface area (Å²) in [7, 11) is 0. The number of nitrogens with zero attached hydrogens (tertiary/aromatic N) is 1. The zero-order valence-corrected chi connectivity index (χ0v) is 16.9. The van der Waals surface area contributed by atoms with Crippen molar-refractivity contribution in [3.8, 4) is 22.4 Å². The van der Waals surface area contributed by atoms with Gasteiger partial charge >= 0.3 is 5.97 Å². The van der Waals surface area contributed by atoms with E-state index in [9.17, 15) is 23.5 Å². The highest BCUT2D eigenvalue weighted by atomic mass is 35.5. The second kappa shape index (κ2) is 7.97. The predicted molar refractivity (Wildman–Crippen MR) is 109 cm³/mol.